The molecule has 4 heteroatoms. The van der Waals surface area contributed by atoms with E-state index in [9.17, 15) is 0 Å². The summed E-state index contributed by atoms with van der Waals surface area (Å²) in [4.78, 5) is 0. The van der Waals surface area contributed by atoms with Gasteiger partial charge in [0.05, 0.1) is 7.11 Å². The van der Waals surface area contributed by atoms with Gasteiger partial charge in [0.15, 0.2) is 0 Å². The summed E-state index contributed by atoms with van der Waals surface area (Å²) in [6, 6.07) is 11.7. The highest BCUT2D eigenvalue weighted by Gasteiger charge is 2.26. The Kier molecular flexibility index (Phi) is 3.55. The van der Waals surface area contributed by atoms with Crippen molar-refractivity contribution in [1.82, 2.24) is 0 Å². The molecule has 104 valence electrons. The fourth-order valence-electron chi connectivity index (χ4n) is 2.59. The van der Waals surface area contributed by atoms with Gasteiger partial charge in [0.2, 0.25) is 0 Å². The van der Waals surface area contributed by atoms with Crippen LogP contribution < -0.4 is 15.2 Å². The summed E-state index contributed by atoms with van der Waals surface area (Å²) < 4.78 is 11.4. The van der Waals surface area contributed by atoms with Crippen LogP contribution in [0.15, 0.2) is 36.4 Å². The molecule has 3 nitrogen and oxygen atoms in total. The maximum Gasteiger partial charge on any atom is 0.131 e. The summed E-state index contributed by atoms with van der Waals surface area (Å²) in [5.74, 6) is 1.67. The standard InChI is InChI=1S/C16H16ClNO2/c1-19-15-5-3-2-4-13(15)14-8-11(17)6-10-7-12(9-18)20-16(10)14/h2-6,8,12H,7,9,18H2,1H3. The lowest BCUT2D eigenvalue weighted by molar-refractivity contribution is 0.242. The number of hydrogen-bond acceptors (Lipinski definition) is 3. The molecule has 0 saturated carbocycles. The fraction of sp³-hybridized carbons (Fsp3) is 0.250. The molecule has 1 aliphatic heterocycles. The van der Waals surface area contributed by atoms with Gasteiger partial charge in [-0.05, 0) is 23.8 Å². The number of para-hydroxylation sites is 1. The van der Waals surface area contributed by atoms with Crippen molar-refractivity contribution in [2.45, 2.75) is 12.5 Å². The van der Waals surface area contributed by atoms with Crippen LogP contribution in [0.3, 0.4) is 0 Å². The Hall–Kier alpha value is -1.71. The predicted octanol–water partition coefficient (Wildman–Crippen LogP) is 3.28. The van der Waals surface area contributed by atoms with Gasteiger partial charge < -0.3 is 15.2 Å². The minimum Gasteiger partial charge on any atom is -0.496 e. The molecule has 1 heterocycles. The Morgan fingerprint density at radius 2 is 2.10 bits per heavy atom. The topological polar surface area (TPSA) is 44.5 Å². The van der Waals surface area contributed by atoms with Crippen LogP contribution in [0.1, 0.15) is 5.56 Å². The lowest BCUT2D eigenvalue weighted by Gasteiger charge is -2.14. The number of ether oxygens (including phenoxy) is 2. The van der Waals surface area contributed by atoms with Gasteiger partial charge in [-0.2, -0.15) is 0 Å². The summed E-state index contributed by atoms with van der Waals surface area (Å²) in [6.45, 7) is 0.498. The quantitative estimate of drug-likeness (QED) is 0.943. The number of methoxy groups -OCH3 is 1. The Labute approximate surface area is 123 Å². The van der Waals surface area contributed by atoms with E-state index in [0.29, 0.717) is 11.6 Å². The zero-order valence-corrected chi connectivity index (χ0v) is 12.0. The summed E-state index contributed by atoms with van der Waals surface area (Å²) in [5.41, 5.74) is 8.76. The van der Waals surface area contributed by atoms with Gasteiger partial charge in [-0.1, -0.05) is 29.8 Å². The Bertz CT molecular complexity index is 642. The number of nitrogens with two attached hydrogens (primary N) is 1. The van der Waals surface area contributed by atoms with E-state index in [0.717, 1.165) is 34.6 Å². The van der Waals surface area contributed by atoms with Crippen LogP contribution in [0.2, 0.25) is 5.02 Å². The second kappa shape index (κ2) is 5.35. The molecule has 0 aromatic heterocycles. The van der Waals surface area contributed by atoms with E-state index in [4.69, 9.17) is 26.8 Å². The Morgan fingerprint density at radius 1 is 1.30 bits per heavy atom. The molecule has 0 fully saturated rings. The molecule has 0 saturated heterocycles. The molecule has 2 N–H and O–H groups in total. The van der Waals surface area contributed by atoms with Gasteiger partial charge in [-0.25, -0.2) is 0 Å². The fourth-order valence-corrected chi connectivity index (χ4v) is 2.83. The highest BCUT2D eigenvalue weighted by atomic mass is 35.5. The molecule has 0 spiro atoms. The lowest BCUT2D eigenvalue weighted by Crippen LogP contribution is -2.24. The van der Waals surface area contributed by atoms with Crippen LogP contribution in [-0.4, -0.2) is 19.8 Å². The lowest BCUT2D eigenvalue weighted by atomic mass is 10.00. The molecule has 1 atom stereocenters. The largest absolute Gasteiger partial charge is 0.496 e. The highest BCUT2D eigenvalue weighted by molar-refractivity contribution is 6.31. The first-order valence-corrected chi connectivity index (χ1v) is 6.93. The van der Waals surface area contributed by atoms with Crippen molar-refractivity contribution < 1.29 is 9.47 Å². The van der Waals surface area contributed by atoms with Crippen LogP contribution in [0, 0.1) is 0 Å². The number of fused-ring (bicyclic) bond motifs is 1. The minimum atomic E-state index is 0.0249. The number of hydrogen-bond donors (Lipinski definition) is 1. The molecule has 0 amide bonds. The van der Waals surface area contributed by atoms with E-state index in [1.165, 1.54) is 0 Å². The summed E-state index contributed by atoms with van der Waals surface area (Å²) in [6.07, 6.45) is 0.825. The minimum absolute atomic E-state index is 0.0249. The molecule has 3 rings (SSSR count). The van der Waals surface area contributed by atoms with Crippen LogP contribution in [0.4, 0.5) is 0 Å². The van der Waals surface area contributed by atoms with E-state index in [-0.39, 0.29) is 6.10 Å². The smallest absolute Gasteiger partial charge is 0.131 e. The van der Waals surface area contributed by atoms with E-state index >= 15 is 0 Å². The third kappa shape index (κ3) is 2.23. The summed E-state index contributed by atoms with van der Waals surface area (Å²) in [5, 5.41) is 0.700. The van der Waals surface area contributed by atoms with Gasteiger partial charge in [0.1, 0.15) is 17.6 Å². The van der Waals surface area contributed by atoms with Crippen LogP contribution in [-0.2, 0) is 6.42 Å². The summed E-state index contributed by atoms with van der Waals surface area (Å²) >= 11 is 6.24. The number of benzene rings is 2. The molecule has 2 aromatic rings. The first-order valence-electron chi connectivity index (χ1n) is 6.55. The molecule has 0 bridgehead atoms. The van der Waals surface area contributed by atoms with Crippen LogP contribution in [0.25, 0.3) is 11.1 Å². The second-order valence-electron chi connectivity index (χ2n) is 4.82. The zero-order chi connectivity index (χ0) is 14.1. The van der Waals surface area contributed by atoms with Gasteiger partial charge in [-0.15, -0.1) is 0 Å². The van der Waals surface area contributed by atoms with E-state index < -0.39 is 0 Å². The predicted molar refractivity (Wildman–Crippen MR) is 80.6 cm³/mol. The number of rotatable bonds is 3. The molecular formula is C16H16ClNO2. The van der Waals surface area contributed by atoms with E-state index in [1.54, 1.807) is 7.11 Å². The molecule has 1 unspecified atom stereocenters. The van der Waals surface area contributed by atoms with Gasteiger partial charge >= 0.3 is 0 Å². The SMILES string of the molecule is COc1ccccc1-c1cc(Cl)cc2c1OC(CN)C2. The Morgan fingerprint density at radius 3 is 2.85 bits per heavy atom. The molecule has 20 heavy (non-hydrogen) atoms. The van der Waals surface area contributed by atoms with Crippen molar-refractivity contribution >= 4 is 11.6 Å². The molecule has 0 radical (unpaired) electrons. The van der Waals surface area contributed by atoms with Crippen molar-refractivity contribution in [1.29, 1.82) is 0 Å². The first-order chi connectivity index (χ1) is 9.72. The van der Waals surface area contributed by atoms with Crippen LogP contribution >= 0.6 is 11.6 Å². The van der Waals surface area contributed by atoms with E-state index in [2.05, 4.69) is 0 Å². The maximum atomic E-state index is 6.24. The van der Waals surface area contributed by atoms with E-state index in [1.807, 2.05) is 36.4 Å². The highest BCUT2D eigenvalue weighted by Crippen LogP contribution is 2.43. The number of halogens is 1. The first kappa shape index (κ1) is 13.3. The normalized spacial score (nSPS) is 16.6. The average molecular weight is 290 g/mol. The van der Waals surface area contributed by atoms with Gasteiger partial charge in [0, 0.05) is 29.1 Å². The van der Waals surface area contributed by atoms with Crippen molar-refractivity contribution in [3.05, 3.63) is 47.0 Å². The van der Waals surface area contributed by atoms with Crippen molar-refractivity contribution in [3.63, 3.8) is 0 Å². The zero-order valence-electron chi connectivity index (χ0n) is 11.2. The average Bonchev–Trinajstić information content (AvgIpc) is 2.89. The maximum absolute atomic E-state index is 6.24. The third-order valence-corrected chi connectivity index (χ3v) is 3.74. The summed E-state index contributed by atoms with van der Waals surface area (Å²) in [7, 11) is 1.66. The molecule has 2 aromatic carbocycles. The van der Waals surface area contributed by atoms with Crippen molar-refractivity contribution in [2.24, 2.45) is 5.73 Å². The van der Waals surface area contributed by atoms with Gasteiger partial charge in [-0.3, -0.25) is 0 Å². The third-order valence-electron chi connectivity index (χ3n) is 3.52. The second-order valence-corrected chi connectivity index (χ2v) is 5.26. The van der Waals surface area contributed by atoms with Crippen molar-refractivity contribution in [3.8, 4) is 22.6 Å². The van der Waals surface area contributed by atoms with Crippen molar-refractivity contribution in [2.75, 3.05) is 13.7 Å². The van der Waals surface area contributed by atoms with Gasteiger partial charge in [0.25, 0.3) is 0 Å². The van der Waals surface area contributed by atoms with Crippen LogP contribution in [0.5, 0.6) is 11.5 Å². The Balaban J connectivity index is 2.16. The molecular weight excluding hydrogens is 274 g/mol. The molecule has 0 aliphatic carbocycles. The molecule has 1 aliphatic rings. The monoisotopic (exact) mass is 289 g/mol.